The van der Waals surface area contributed by atoms with Crippen molar-refractivity contribution >= 4 is 56.4 Å². The maximum absolute atomic E-state index is 12.4. The molecule has 0 radical (unpaired) electrons. The van der Waals surface area contributed by atoms with Gasteiger partial charge < -0.3 is 0 Å². The molecule has 0 saturated heterocycles. The first kappa shape index (κ1) is 23.8. The Balaban J connectivity index is 1.48. The van der Waals surface area contributed by atoms with Crippen LogP contribution in [0.2, 0.25) is 0 Å². The van der Waals surface area contributed by atoms with Crippen LogP contribution in [0.15, 0.2) is 57.2 Å². The fourth-order valence-corrected chi connectivity index (χ4v) is 6.04. The number of nitrogens with zero attached hydrogens (tertiary/aromatic N) is 2. The molecule has 0 atom stereocenters. The van der Waals surface area contributed by atoms with Gasteiger partial charge in [-0.05, 0) is 41.3 Å². The maximum Gasteiger partial charge on any atom is 0.229 e. The fraction of sp³-hybridized carbons (Fsp3) is 0.286. The minimum Gasteiger partial charge on any atom is -0.293 e. The van der Waals surface area contributed by atoms with E-state index < -0.39 is 10.0 Å². The van der Waals surface area contributed by atoms with Crippen molar-refractivity contribution in [3.8, 4) is 0 Å². The third-order valence-electron chi connectivity index (χ3n) is 4.23. The lowest BCUT2D eigenvalue weighted by Gasteiger charge is -2.06. The number of rotatable bonds is 10. The number of anilines is 1. The molecule has 0 spiro atoms. The predicted molar refractivity (Wildman–Crippen MR) is 130 cm³/mol. The number of sulfonamides is 1. The van der Waals surface area contributed by atoms with Crippen molar-refractivity contribution in [1.82, 2.24) is 10.2 Å². The Labute approximate surface area is 195 Å². The minimum atomic E-state index is -3.34. The van der Waals surface area contributed by atoms with E-state index in [1.165, 1.54) is 34.2 Å². The van der Waals surface area contributed by atoms with Crippen LogP contribution in [0.4, 0.5) is 5.69 Å². The molecule has 10 heteroatoms. The average molecular weight is 494 g/mol. The van der Waals surface area contributed by atoms with E-state index in [9.17, 15) is 13.2 Å². The quantitative estimate of drug-likeness (QED) is 0.303. The maximum atomic E-state index is 12.4. The molecule has 0 saturated carbocycles. The molecule has 0 bridgehead atoms. The molecule has 0 unspecified atom stereocenters. The molecule has 0 fully saturated rings. The first-order chi connectivity index (χ1) is 14.7. The predicted octanol–water partition coefficient (Wildman–Crippen LogP) is 5.30. The highest BCUT2D eigenvalue weighted by Gasteiger charge is 2.11. The largest absolute Gasteiger partial charge is 0.293 e. The van der Waals surface area contributed by atoms with Crippen molar-refractivity contribution in [3.63, 3.8) is 0 Å². The van der Waals surface area contributed by atoms with Gasteiger partial charge >= 0.3 is 0 Å². The lowest BCUT2D eigenvalue weighted by molar-refractivity contribution is 0.102. The van der Waals surface area contributed by atoms with Crippen molar-refractivity contribution in [1.29, 1.82) is 0 Å². The van der Waals surface area contributed by atoms with Crippen molar-refractivity contribution in [3.05, 3.63) is 65.2 Å². The van der Waals surface area contributed by atoms with Gasteiger partial charge in [0.25, 0.3) is 0 Å². The van der Waals surface area contributed by atoms with Crippen LogP contribution in [0.3, 0.4) is 0 Å². The van der Waals surface area contributed by atoms with Crippen LogP contribution in [0, 0.1) is 0 Å². The van der Waals surface area contributed by atoms with E-state index >= 15 is 0 Å². The van der Waals surface area contributed by atoms with Gasteiger partial charge in [-0.15, -0.1) is 10.2 Å². The molecule has 6 nitrogen and oxygen atoms in total. The summed E-state index contributed by atoms with van der Waals surface area (Å²) >= 11 is 4.47. The van der Waals surface area contributed by atoms with Gasteiger partial charge in [-0.25, -0.2) is 8.42 Å². The highest BCUT2D eigenvalue weighted by molar-refractivity contribution is 8.03. The topological polar surface area (TPSA) is 89.0 Å². The fourth-order valence-electron chi connectivity index (χ4n) is 2.61. The Morgan fingerprint density at radius 1 is 1.00 bits per heavy atom. The Hall–Kier alpha value is -1.88. The molecule has 2 aromatic carbocycles. The molecular weight excluding hydrogens is 471 g/mol. The van der Waals surface area contributed by atoms with Gasteiger partial charge in [-0.2, -0.15) is 0 Å². The molecule has 0 aliphatic heterocycles. The Kier molecular flexibility index (Phi) is 8.15. The number of thioether (sulfide) groups is 2. The van der Waals surface area contributed by atoms with E-state index in [-0.39, 0.29) is 11.5 Å². The van der Waals surface area contributed by atoms with Crippen LogP contribution >= 0.6 is 34.9 Å². The first-order valence-electron chi connectivity index (χ1n) is 9.48. The summed E-state index contributed by atoms with van der Waals surface area (Å²) < 4.78 is 26.5. The normalized spacial score (nSPS) is 11.6. The smallest absolute Gasteiger partial charge is 0.229 e. The number of ketones is 1. The number of Topliss-reactive ketones (excluding diaryl/α,β-unsaturated/α-hetero) is 1. The van der Waals surface area contributed by atoms with E-state index in [0.29, 0.717) is 17.2 Å². The summed E-state index contributed by atoms with van der Waals surface area (Å²) in [6.45, 7) is 4.36. The molecule has 0 aliphatic rings. The van der Waals surface area contributed by atoms with Crippen LogP contribution in [0.1, 0.15) is 41.3 Å². The lowest BCUT2D eigenvalue weighted by Crippen LogP contribution is -2.10. The minimum absolute atomic E-state index is 0.0504. The molecule has 1 heterocycles. The second-order valence-electron chi connectivity index (χ2n) is 7.18. The molecule has 0 amide bonds. The third kappa shape index (κ3) is 7.64. The molecule has 3 rings (SSSR count). The molecule has 1 aromatic heterocycles. The molecule has 164 valence electrons. The van der Waals surface area contributed by atoms with Crippen LogP contribution in [-0.4, -0.2) is 36.4 Å². The van der Waals surface area contributed by atoms with Gasteiger partial charge in [0.1, 0.15) is 0 Å². The zero-order chi connectivity index (χ0) is 22.4. The molecule has 1 N–H and O–H groups in total. The van der Waals surface area contributed by atoms with E-state index in [4.69, 9.17) is 0 Å². The summed E-state index contributed by atoms with van der Waals surface area (Å²) in [5.41, 5.74) is 3.52. The SMILES string of the molecule is CC(C)c1ccc(CSc2nnc(SCC(=O)c3ccc(NS(C)(=O)=O)cc3)s2)cc1. The van der Waals surface area contributed by atoms with Crippen molar-refractivity contribution < 1.29 is 13.2 Å². The monoisotopic (exact) mass is 493 g/mol. The van der Waals surface area contributed by atoms with Crippen molar-refractivity contribution in [2.75, 3.05) is 16.7 Å². The van der Waals surface area contributed by atoms with Gasteiger partial charge in [-0.1, -0.05) is 73.0 Å². The van der Waals surface area contributed by atoms with Gasteiger partial charge in [0.2, 0.25) is 10.0 Å². The summed E-state index contributed by atoms with van der Waals surface area (Å²) in [6.07, 6.45) is 1.08. The second kappa shape index (κ2) is 10.6. The highest BCUT2D eigenvalue weighted by Crippen LogP contribution is 2.31. The van der Waals surface area contributed by atoms with E-state index in [0.717, 1.165) is 20.7 Å². The van der Waals surface area contributed by atoms with Crippen LogP contribution < -0.4 is 4.72 Å². The van der Waals surface area contributed by atoms with E-state index in [1.807, 2.05) is 0 Å². The van der Waals surface area contributed by atoms with Gasteiger partial charge in [-0.3, -0.25) is 9.52 Å². The standard InChI is InChI=1S/C21H23N3O3S4/c1-14(2)16-6-4-15(5-7-16)12-28-20-22-23-21(30-20)29-13-19(25)17-8-10-18(11-9-17)24-31(3,26)27/h4-11,14,24H,12-13H2,1-3H3. The van der Waals surface area contributed by atoms with Crippen molar-refractivity contribution in [2.45, 2.75) is 34.2 Å². The zero-order valence-corrected chi connectivity index (χ0v) is 20.6. The van der Waals surface area contributed by atoms with Gasteiger partial charge in [0.05, 0.1) is 12.0 Å². The summed E-state index contributed by atoms with van der Waals surface area (Å²) in [6, 6.07) is 15.0. The Morgan fingerprint density at radius 2 is 1.61 bits per heavy atom. The molecular formula is C21H23N3O3S4. The third-order valence-corrected chi connectivity index (χ3v) is 8.10. The summed E-state index contributed by atoms with van der Waals surface area (Å²) in [5, 5.41) is 8.38. The summed E-state index contributed by atoms with van der Waals surface area (Å²) in [4.78, 5) is 12.4. The second-order valence-corrected chi connectivity index (χ2v) is 12.4. The number of nitrogens with one attached hydrogen (secondary N) is 1. The van der Waals surface area contributed by atoms with Crippen LogP contribution in [-0.2, 0) is 15.8 Å². The Morgan fingerprint density at radius 3 is 2.19 bits per heavy atom. The number of carbonyl (C=O) groups is 1. The number of aromatic nitrogens is 2. The average Bonchev–Trinajstić information content (AvgIpc) is 3.18. The van der Waals surface area contributed by atoms with E-state index in [1.54, 1.807) is 36.0 Å². The number of carbonyl (C=O) groups excluding carboxylic acids is 1. The van der Waals surface area contributed by atoms with Crippen LogP contribution in [0.5, 0.6) is 0 Å². The van der Waals surface area contributed by atoms with Gasteiger partial charge in [0, 0.05) is 17.0 Å². The lowest BCUT2D eigenvalue weighted by atomic mass is 10.0. The first-order valence-corrected chi connectivity index (χ1v) is 14.2. The number of hydrogen-bond acceptors (Lipinski definition) is 8. The van der Waals surface area contributed by atoms with Gasteiger partial charge in [0.15, 0.2) is 14.5 Å². The number of benzene rings is 2. The highest BCUT2D eigenvalue weighted by atomic mass is 32.2. The molecule has 31 heavy (non-hydrogen) atoms. The molecule has 0 aliphatic carbocycles. The molecule has 3 aromatic rings. The summed E-state index contributed by atoms with van der Waals surface area (Å²) in [7, 11) is -3.34. The summed E-state index contributed by atoms with van der Waals surface area (Å²) in [5.74, 6) is 1.54. The van der Waals surface area contributed by atoms with E-state index in [2.05, 4.69) is 53.0 Å². The number of hydrogen-bond donors (Lipinski definition) is 1. The Bertz CT molecular complexity index is 1130. The van der Waals surface area contributed by atoms with Crippen LogP contribution in [0.25, 0.3) is 0 Å². The zero-order valence-electron chi connectivity index (χ0n) is 17.4. The van der Waals surface area contributed by atoms with Crippen molar-refractivity contribution in [2.24, 2.45) is 0 Å².